The van der Waals surface area contributed by atoms with Crippen molar-refractivity contribution in [1.82, 2.24) is 9.55 Å². The number of nitrogens with one attached hydrogen (secondary N) is 1. The van der Waals surface area contributed by atoms with Crippen LogP contribution in [0.1, 0.15) is 10.4 Å². The van der Waals surface area contributed by atoms with Gasteiger partial charge in [-0.2, -0.15) is 0 Å². The van der Waals surface area contributed by atoms with Crippen LogP contribution >= 0.6 is 0 Å². The maximum absolute atomic E-state index is 12.4. The number of hydrogen-bond donors (Lipinski definition) is 1. The Hall–Kier alpha value is -2.95. The third kappa shape index (κ3) is 2.41. The van der Waals surface area contributed by atoms with E-state index >= 15 is 0 Å². The van der Waals surface area contributed by atoms with Gasteiger partial charge in [0.2, 0.25) is 0 Å². The summed E-state index contributed by atoms with van der Waals surface area (Å²) in [4.78, 5) is 28.6. The molecule has 5 nitrogen and oxygen atoms in total. The predicted octanol–water partition coefficient (Wildman–Crippen LogP) is 2.19. The number of fused-ring (bicyclic) bond motifs is 1. The minimum atomic E-state index is -0.291. The van der Waals surface area contributed by atoms with E-state index in [0.717, 1.165) is 0 Å². The molecule has 0 aliphatic rings. The van der Waals surface area contributed by atoms with Crippen LogP contribution in [-0.2, 0) is 7.05 Å². The highest BCUT2D eigenvalue weighted by Crippen LogP contribution is 2.16. The van der Waals surface area contributed by atoms with Crippen LogP contribution in [0.25, 0.3) is 10.8 Å². The number of carbonyl (C=O) groups is 1. The van der Waals surface area contributed by atoms with Gasteiger partial charge in [0.1, 0.15) is 5.82 Å². The number of carbonyl (C=O) groups excluding carboxylic acids is 1. The molecule has 0 radical (unpaired) electrons. The van der Waals surface area contributed by atoms with Crippen LogP contribution in [0.5, 0.6) is 0 Å². The lowest BCUT2D eigenvalue weighted by molar-refractivity contribution is 0.102. The Bertz CT molecular complexity index is 870. The number of nitrogens with zero attached hydrogens (tertiary/aromatic N) is 2. The molecule has 0 aliphatic carbocycles. The first-order valence-corrected chi connectivity index (χ1v) is 6.47. The Labute approximate surface area is 120 Å². The Morgan fingerprint density at radius 2 is 1.81 bits per heavy atom. The molecule has 3 rings (SSSR count). The van der Waals surface area contributed by atoms with Gasteiger partial charge < -0.3 is 9.88 Å². The van der Waals surface area contributed by atoms with E-state index in [1.165, 1.54) is 4.57 Å². The number of hydrogen-bond acceptors (Lipinski definition) is 3. The molecule has 2 heterocycles. The van der Waals surface area contributed by atoms with E-state index < -0.39 is 0 Å². The first-order chi connectivity index (χ1) is 10.2. The standard InChI is InChI=1S/C16H13N3O2/c1-19-10-13(11-6-2-3-7-12(11)16(19)21)15(20)18-14-8-4-5-9-17-14/h2-10H,1H3,(H,17,18,20). The highest BCUT2D eigenvalue weighted by molar-refractivity contribution is 6.12. The van der Waals surface area contributed by atoms with Crippen molar-refractivity contribution in [2.24, 2.45) is 7.05 Å². The fourth-order valence-corrected chi connectivity index (χ4v) is 2.22. The van der Waals surface area contributed by atoms with Crippen molar-refractivity contribution in [3.63, 3.8) is 0 Å². The number of amides is 1. The average Bonchev–Trinajstić information content (AvgIpc) is 2.52. The molecule has 0 bridgehead atoms. The summed E-state index contributed by atoms with van der Waals surface area (Å²) in [5.74, 6) is 0.181. The summed E-state index contributed by atoms with van der Waals surface area (Å²) in [6, 6.07) is 12.4. The van der Waals surface area contributed by atoms with Gasteiger partial charge in [-0.15, -0.1) is 0 Å². The van der Waals surface area contributed by atoms with E-state index in [1.807, 2.05) is 0 Å². The molecule has 1 amide bonds. The molecular formula is C16H13N3O2. The normalized spacial score (nSPS) is 10.5. The molecule has 0 fully saturated rings. The topological polar surface area (TPSA) is 64.0 Å². The van der Waals surface area contributed by atoms with E-state index in [4.69, 9.17) is 0 Å². The molecule has 1 N–H and O–H groups in total. The third-order valence-electron chi connectivity index (χ3n) is 3.24. The number of rotatable bonds is 2. The van der Waals surface area contributed by atoms with Gasteiger partial charge in [-0.3, -0.25) is 9.59 Å². The van der Waals surface area contributed by atoms with Gasteiger partial charge in [-0.25, -0.2) is 4.98 Å². The van der Waals surface area contributed by atoms with Gasteiger partial charge in [0.25, 0.3) is 11.5 Å². The number of aryl methyl sites for hydroxylation is 1. The smallest absolute Gasteiger partial charge is 0.258 e. The van der Waals surface area contributed by atoms with E-state index in [-0.39, 0.29) is 11.5 Å². The summed E-state index contributed by atoms with van der Waals surface area (Å²) in [6.07, 6.45) is 3.15. The lowest BCUT2D eigenvalue weighted by atomic mass is 10.1. The van der Waals surface area contributed by atoms with Crippen LogP contribution in [0.2, 0.25) is 0 Å². The summed E-state index contributed by atoms with van der Waals surface area (Å²) in [5, 5.41) is 3.89. The van der Waals surface area contributed by atoms with E-state index in [2.05, 4.69) is 10.3 Å². The quantitative estimate of drug-likeness (QED) is 0.782. The zero-order valence-electron chi connectivity index (χ0n) is 11.4. The average molecular weight is 279 g/mol. The largest absolute Gasteiger partial charge is 0.317 e. The number of anilines is 1. The summed E-state index contributed by atoms with van der Waals surface area (Å²) >= 11 is 0. The summed E-state index contributed by atoms with van der Waals surface area (Å²) in [5.41, 5.74) is 0.318. The highest BCUT2D eigenvalue weighted by atomic mass is 16.2. The van der Waals surface area contributed by atoms with Crippen LogP contribution in [-0.4, -0.2) is 15.5 Å². The second kappa shape index (κ2) is 5.20. The molecule has 0 atom stereocenters. The lowest BCUT2D eigenvalue weighted by Gasteiger charge is -2.09. The number of aromatic nitrogens is 2. The molecule has 2 aromatic heterocycles. The number of pyridine rings is 2. The Morgan fingerprint density at radius 3 is 2.52 bits per heavy atom. The van der Waals surface area contributed by atoms with Crippen molar-refractivity contribution in [3.8, 4) is 0 Å². The van der Waals surface area contributed by atoms with Gasteiger partial charge in [0, 0.05) is 30.2 Å². The fraction of sp³-hybridized carbons (Fsp3) is 0.0625. The fourth-order valence-electron chi connectivity index (χ4n) is 2.22. The Balaban J connectivity index is 2.10. The molecule has 3 aromatic rings. The van der Waals surface area contributed by atoms with Crippen LogP contribution < -0.4 is 10.9 Å². The summed E-state index contributed by atoms with van der Waals surface area (Å²) in [7, 11) is 1.63. The number of benzene rings is 1. The minimum Gasteiger partial charge on any atom is -0.317 e. The molecule has 1 aromatic carbocycles. The Morgan fingerprint density at radius 1 is 1.10 bits per heavy atom. The van der Waals surface area contributed by atoms with Crippen molar-refractivity contribution in [2.45, 2.75) is 0 Å². The summed E-state index contributed by atoms with van der Waals surface area (Å²) in [6.45, 7) is 0. The summed E-state index contributed by atoms with van der Waals surface area (Å²) < 4.78 is 1.41. The SMILES string of the molecule is Cn1cc(C(=O)Nc2ccccn2)c2ccccc2c1=O. The van der Waals surface area contributed by atoms with Crippen molar-refractivity contribution in [2.75, 3.05) is 5.32 Å². The van der Waals surface area contributed by atoms with E-state index in [9.17, 15) is 9.59 Å². The van der Waals surface area contributed by atoms with E-state index in [0.29, 0.717) is 22.2 Å². The van der Waals surface area contributed by atoms with Crippen molar-refractivity contribution >= 4 is 22.5 Å². The van der Waals surface area contributed by atoms with Crippen LogP contribution in [0.15, 0.2) is 59.7 Å². The van der Waals surface area contributed by atoms with Crippen LogP contribution in [0.4, 0.5) is 5.82 Å². The molecule has 0 aliphatic heterocycles. The highest BCUT2D eigenvalue weighted by Gasteiger charge is 2.13. The first kappa shape index (κ1) is 13.1. The van der Waals surface area contributed by atoms with Gasteiger partial charge in [-0.05, 0) is 18.2 Å². The molecule has 0 saturated heterocycles. The van der Waals surface area contributed by atoms with Crippen LogP contribution in [0.3, 0.4) is 0 Å². The third-order valence-corrected chi connectivity index (χ3v) is 3.24. The van der Waals surface area contributed by atoms with E-state index in [1.54, 1.807) is 61.9 Å². The first-order valence-electron chi connectivity index (χ1n) is 6.47. The zero-order valence-corrected chi connectivity index (χ0v) is 11.4. The maximum atomic E-state index is 12.4. The molecule has 5 heteroatoms. The predicted molar refractivity (Wildman–Crippen MR) is 81.4 cm³/mol. The Kier molecular flexibility index (Phi) is 3.23. The molecular weight excluding hydrogens is 266 g/mol. The monoisotopic (exact) mass is 279 g/mol. The van der Waals surface area contributed by atoms with Gasteiger partial charge in [0.15, 0.2) is 0 Å². The second-order valence-electron chi connectivity index (χ2n) is 4.67. The molecule has 0 unspecified atom stereocenters. The molecule has 0 saturated carbocycles. The minimum absolute atomic E-state index is 0.125. The van der Waals surface area contributed by atoms with Crippen molar-refractivity contribution in [3.05, 3.63) is 70.8 Å². The second-order valence-corrected chi connectivity index (χ2v) is 4.67. The molecule has 0 spiro atoms. The van der Waals surface area contributed by atoms with Gasteiger partial charge >= 0.3 is 0 Å². The van der Waals surface area contributed by atoms with Crippen molar-refractivity contribution in [1.29, 1.82) is 0 Å². The zero-order chi connectivity index (χ0) is 14.8. The molecule has 104 valence electrons. The lowest BCUT2D eigenvalue weighted by Crippen LogP contribution is -2.21. The van der Waals surface area contributed by atoms with Gasteiger partial charge in [-0.1, -0.05) is 24.3 Å². The van der Waals surface area contributed by atoms with Gasteiger partial charge in [0.05, 0.1) is 5.56 Å². The van der Waals surface area contributed by atoms with Crippen molar-refractivity contribution < 1.29 is 4.79 Å². The van der Waals surface area contributed by atoms with Crippen LogP contribution in [0, 0.1) is 0 Å². The molecule has 21 heavy (non-hydrogen) atoms. The maximum Gasteiger partial charge on any atom is 0.258 e.